The zero-order valence-electron chi connectivity index (χ0n) is 18.1. The number of rotatable bonds is 9. The Balaban J connectivity index is 1.70. The van der Waals surface area contributed by atoms with Crippen LogP contribution in [-0.4, -0.2) is 42.0 Å². The van der Waals surface area contributed by atoms with Crippen molar-refractivity contribution < 1.29 is 44.8 Å². The second-order valence-corrected chi connectivity index (χ2v) is 10.6. The minimum atomic E-state index is -5.02. The van der Waals surface area contributed by atoms with Crippen molar-refractivity contribution in [2.45, 2.75) is 42.0 Å². The van der Waals surface area contributed by atoms with Gasteiger partial charge >= 0.3 is 5.97 Å². The van der Waals surface area contributed by atoms with Crippen molar-refractivity contribution in [2.24, 2.45) is 0 Å². The minimum Gasteiger partial charge on any atom is -0.744 e. The number of carboxylic acids is 1. The number of pyridine rings is 1. The number of carboxylic acid groups (broad SMARTS) is 1. The Kier molecular flexibility index (Phi) is 6.60. The van der Waals surface area contributed by atoms with Gasteiger partial charge < -0.3 is 18.6 Å². The molecule has 0 saturated heterocycles. The third kappa shape index (κ3) is 5.48. The summed E-state index contributed by atoms with van der Waals surface area (Å²) in [6.07, 6.45) is 5.80. The van der Waals surface area contributed by atoms with Crippen LogP contribution in [0.15, 0.2) is 63.0 Å². The van der Waals surface area contributed by atoms with Crippen LogP contribution in [0.2, 0.25) is 0 Å². The van der Waals surface area contributed by atoms with Gasteiger partial charge in [-0.15, -0.1) is 0 Å². The number of hydrogen-bond donors (Lipinski definition) is 1. The molecule has 4 aromatic rings. The summed E-state index contributed by atoms with van der Waals surface area (Å²) >= 11 is 0. The van der Waals surface area contributed by atoms with Gasteiger partial charge in [0.05, 0.1) is 9.79 Å². The molecular weight excluding hydrogens is 500 g/mol. The van der Waals surface area contributed by atoms with Crippen LogP contribution in [0.4, 0.5) is 0 Å². The van der Waals surface area contributed by atoms with Gasteiger partial charge in [0.1, 0.15) is 32.3 Å². The lowest BCUT2D eigenvalue weighted by Crippen LogP contribution is -2.32. The zero-order valence-corrected chi connectivity index (χ0v) is 19.7. The van der Waals surface area contributed by atoms with E-state index in [2.05, 4.69) is 4.98 Å². The van der Waals surface area contributed by atoms with E-state index in [0.29, 0.717) is 23.9 Å². The van der Waals surface area contributed by atoms with E-state index in [1.54, 1.807) is 24.5 Å². The normalized spacial score (nSPS) is 12.4. The first-order valence-corrected chi connectivity index (χ1v) is 13.3. The maximum absolute atomic E-state index is 11.9. The molecule has 0 atom stereocenters. The van der Waals surface area contributed by atoms with Crippen LogP contribution < -0.4 is 4.57 Å². The third-order valence-corrected chi connectivity index (χ3v) is 7.09. The quantitative estimate of drug-likeness (QED) is 0.196. The summed E-state index contributed by atoms with van der Waals surface area (Å²) in [5.74, 6) is -0.775. The molecule has 0 aliphatic carbocycles. The molecule has 2 aromatic carbocycles. The minimum absolute atomic E-state index is 0.0388. The first-order valence-electron chi connectivity index (χ1n) is 10.4. The molecule has 0 saturated carbocycles. The van der Waals surface area contributed by atoms with Gasteiger partial charge in [0.25, 0.3) is 0 Å². The fourth-order valence-corrected chi connectivity index (χ4v) is 4.86. The summed E-state index contributed by atoms with van der Waals surface area (Å²) in [6, 6.07) is 7.72. The van der Waals surface area contributed by atoms with Crippen molar-refractivity contribution in [1.29, 1.82) is 0 Å². The summed E-state index contributed by atoms with van der Waals surface area (Å²) in [5.41, 5.74) is 0.275. The van der Waals surface area contributed by atoms with Crippen LogP contribution in [-0.2, 0) is 31.6 Å². The number of fused-ring (bicyclic) bond motifs is 3. The number of benzene rings is 2. The Bertz CT molecular complexity index is 1640. The number of oxazole rings is 1. The van der Waals surface area contributed by atoms with E-state index in [-0.39, 0.29) is 28.8 Å². The second kappa shape index (κ2) is 9.34. The Hall–Kier alpha value is -3.39. The summed E-state index contributed by atoms with van der Waals surface area (Å²) in [7, 11) is -9.82. The van der Waals surface area contributed by atoms with Crippen LogP contribution >= 0.6 is 0 Å². The predicted octanol–water partition coefficient (Wildman–Crippen LogP) is 2.39. The van der Waals surface area contributed by atoms with Crippen molar-refractivity contribution >= 4 is 48.1 Å². The largest absolute Gasteiger partial charge is 0.744 e. The smallest absolute Gasteiger partial charge is 0.303 e. The molecule has 0 spiro atoms. The Morgan fingerprint density at radius 1 is 0.971 bits per heavy atom. The van der Waals surface area contributed by atoms with E-state index in [0.717, 1.165) is 31.0 Å². The molecule has 0 radical (unpaired) electrons. The number of unbranched alkanes of at least 4 members (excludes halogenated alkanes) is 2. The zero-order chi connectivity index (χ0) is 25.4. The fraction of sp³-hybridized carbons (Fsp3) is 0.227. The Labute approximate surface area is 200 Å². The molecule has 0 amide bonds. The SMILES string of the molecule is O=C(O)CCCCC[n+]1ccc(-c2nc3c(o2)c(S(=O)(=O)[O-])cc2cc(S(=O)(=O)[O-])ccc23)cc1. The standard InChI is InChI=1S/C22H20N2O9S2/c25-19(26)4-2-1-3-9-24-10-7-14(8-11-24)22-23-20-17-6-5-16(34(27,28)29)12-15(17)13-18(21(20)33-22)35(30,31)32/h5-8,10-13H,1-4,9H2,(H2-,25,26,27,28,29,30,31,32)/p-1. The number of aromatic nitrogens is 2. The lowest BCUT2D eigenvalue weighted by molar-refractivity contribution is -0.697. The van der Waals surface area contributed by atoms with Gasteiger partial charge in [-0.1, -0.05) is 6.07 Å². The van der Waals surface area contributed by atoms with Gasteiger partial charge in [-0.25, -0.2) is 26.4 Å². The fourth-order valence-electron chi connectivity index (χ4n) is 3.71. The molecule has 0 fully saturated rings. The first-order chi connectivity index (χ1) is 16.4. The molecule has 13 heteroatoms. The lowest BCUT2D eigenvalue weighted by Gasteiger charge is -2.11. The molecule has 35 heavy (non-hydrogen) atoms. The van der Waals surface area contributed by atoms with Gasteiger partial charge in [-0.2, -0.15) is 0 Å². The van der Waals surface area contributed by atoms with Crippen molar-refractivity contribution in [3.05, 3.63) is 48.8 Å². The topological polar surface area (TPSA) is 182 Å². The highest BCUT2D eigenvalue weighted by atomic mass is 32.2. The van der Waals surface area contributed by atoms with Crippen molar-refractivity contribution in [1.82, 2.24) is 4.98 Å². The van der Waals surface area contributed by atoms with Gasteiger partial charge in [-0.05, 0) is 36.4 Å². The number of carbonyl (C=O) groups is 1. The van der Waals surface area contributed by atoms with Crippen molar-refractivity contribution in [2.75, 3.05) is 0 Å². The molecule has 0 aliphatic rings. The molecule has 2 heterocycles. The predicted molar refractivity (Wildman–Crippen MR) is 119 cm³/mol. The van der Waals surface area contributed by atoms with Gasteiger partial charge in [0.2, 0.25) is 5.89 Å². The van der Waals surface area contributed by atoms with Crippen LogP contribution in [0, 0.1) is 0 Å². The number of hydrogen-bond acceptors (Lipinski definition) is 9. The summed E-state index contributed by atoms with van der Waals surface area (Å²) in [4.78, 5) is 13.6. The van der Waals surface area contributed by atoms with Crippen LogP contribution in [0.3, 0.4) is 0 Å². The summed E-state index contributed by atoms with van der Waals surface area (Å²) in [6.45, 7) is 0.668. The van der Waals surface area contributed by atoms with E-state index in [9.17, 15) is 30.7 Å². The average molecular weight is 520 g/mol. The van der Waals surface area contributed by atoms with Crippen LogP contribution in [0.5, 0.6) is 0 Å². The maximum Gasteiger partial charge on any atom is 0.303 e. The van der Waals surface area contributed by atoms with Crippen molar-refractivity contribution in [3.63, 3.8) is 0 Å². The van der Waals surface area contributed by atoms with Gasteiger partial charge in [0.15, 0.2) is 18.0 Å². The van der Waals surface area contributed by atoms with E-state index in [1.165, 1.54) is 6.07 Å². The molecule has 0 bridgehead atoms. The summed E-state index contributed by atoms with van der Waals surface area (Å²) in [5, 5.41) is 9.02. The van der Waals surface area contributed by atoms with Crippen LogP contribution in [0.25, 0.3) is 33.3 Å². The maximum atomic E-state index is 11.9. The Morgan fingerprint density at radius 2 is 1.69 bits per heavy atom. The molecule has 1 N–H and O–H groups in total. The molecule has 2 aromatic heterocycles. The van der Waals surface area contributed by atoms with Crippen LogP contribution in [0.1, 0.15) is 25.7 Å². The monoisotopic (exact) mass is 519 g/mol. The van der Waals surface area contributed by atoms with Gasteiger partial charge in [0, 0.05) is 35.9 Å². The van der Waals surface area contributed by atoms with E-state index < -0.39 is 36.0 Å². The molecule has 4 rings (SSSR count). The molecule has 0 unspecified atom stereocenters. The lowest BCUT2D eigenvalue weighted by atomic mass is 10.1. The number of aryl methyl sites for hydroxylation is 1. The molecule has 11 nitrogen and oxygen atoms in total. The molecule has 184 valence electrons. The number of aliphatic carboxylic acids is 1. The highest BCUT2D eigenvalue weighted by Gasteiger charge is 2.20. The highest BCUT2D eigenvalue weighted by Crippen LogP contribution is 2.35. The number of nitrogens with zero attached hydrogens (tertiary/aromatic N) is 2. The molecular formula is C22H19N2O9S2-. The average Bonchev–Trinajstić information content (AvgIpc) is 3.22. The summed E-state index contributed by atoms with van der Waals surface area (Å²) < 4.78 is 77.3. The van der Waals surface area contributed by atoms with Gasteiger partial charge in [-0.3, -0.25) is 4.79 Å². The van der Waals surface area contributed by atoms with Crippen molar-refractivity contribution in [3.8, 4) is 11.5 Å². The highest BCUT2D eigenvalue weighted by molar-refractivity contribution is 7.86. The van der Waals surface area contributed by atoms with E-state index in [4.69, 9.17) is 9.52 Å². The van der Waals surface area contributed by atoms with E-state index >= 15 is 0 Å². The second-order valence-electron chi connectivity index (χ2n) is 7.89. The third-order valence-electron chi connectivity index (χ3n) is 5.42. The Morgan fingerprint density at radius 3 is 2.31 bits per heavy atom. The first kappa shape index (κ1) is 24.7. The molecule has 0 aliphatic heterocycles. The van der Waals surface area contributed by atoms with E-state index in [1.807, 2.05) is 4.57 Å².